The fraction of sp³-hybridized carbons (Fsp3) is 0.304. The highest BCUT2D eigenvalue weighted by Gasteiger charge is 2.19. The van der Waals surface area contributed by atoms with E-state index in [0.29, 0.717) is 36.8 Å². The molecule has 0 radical (unpaired) electrons. The molecule has 1 N–H and O–H groups in total. The summed E-state index contributed by atoms with van der Waals surface area (Å²) in [7, 11) is 1.82. The molecule has 0 unspecified atom stereocenters. The van der Waals surface area contributed by atoms with Gasteiger partial charge in [-0.3, -0.25) is 9.48 Å². The average Bonchev–Trinajstić information content (AvgIpc) is 3.01. The number of amides is 1. The standard InChI is InChI=1S/C23H25N3O3S/c1-26-16-19(23(27)24-11-5-14-30-18-7-3-2-4-8-18)22(25-26)17-9-10-20-21(15-17)29-13-6-12-28-20/h2-4,7-10,15-16H,5-6,11-14H2,1H3,(H,24,27). The molecule has 0 fully saturated rings. The Hall–Kier alpha value is -2.93. The second kappa shape index (κ2) is 9.71. The fourth-order valence-electron chi connectivity index (χ4n) is 3.25. The summed E-state index contributed by atoms with van der Waals surface area (Å²) in [5, 5.41) is 7.53. The summed E-state index contributed by atoms with van der Waals surface area (Å²) in [5.74, 6) is 2.26. The predicted octanol–water partition coefficient (Wildman–Crippen LogP) is 4.16. The summed E-state index contributed by atoms with van der Waals surface area (Å²) in [5.41, 5.74) is 2.04. The third-order valence-electron chi connectivity index (χ3n) is 4.71. The van der Waals surface area contributed by atoms with E-state index in [2.05, 4.69) is 22.5 Å². The van der Waals surface area contributed by atoms with Crippen LogP contribution in [0.15, 0.2) is 59.6 Å². The first kappa shape index (κ1) is 20.3. The van der Waals surface area contributed by atoms with Gasteiger partial charge in [-0.15, -0.1) is 11.8 Å². The molecule has 4 rings (SSSR count). The van der Waals surface area contributed by atoms with E-state index in [9.17, 15) is 4.79 Å². The molecule has 1 aliphatic rings. The zero-order valence-corrected chi connectivity index (χ0v) is 17.8. The van der Waals surface area contributed by atoms with E-state index in [1.54, 1.807) is 22.6 Å². The van der Waals surface area contributed by atoms with Gasteiger partial charge in [-0.2, -0.15) is 5.10 Å². The van der Waals surface area contributed by atoms with Crippen LogP contribution in [0, 0.1) is 0 Å². The van der Waals surface area contributed by atoms with Crippen LogP contribution in [0.4, 0.5) is 0 Å². The molecule has 3 aromatic rings. The normalized spacial score (nSPS) is 13.0. The summed E-state index contributed by atoms with van der Waals surface area (Å²) < 4.78 is 13.1. The lowest BCUT2D eigenvalue weighted by Crippen LogP contribution is -2.25. The largest absolute Gasteiger partial charge is 0.490 e. The minimum atomic E-state index is -0.116. The van der Waals surface area contributed by atoms with Gasteiger partial charge in [0.1, 0.15) is 5.69 Å². The third-order valence-corrected chi connectivity index (χ3v) is 5.81. The van der Waals surface area contributed by atoms with Gasteiger partial charge in [-0.25, -0.2) is 0 Å². The van der Waals surface area contributed by atoms with Crippen LogP contribution >= 0.6 is 11.8 Å². The molecule has 0 saturated heterocycles. The fourth-order valence-corrected chi connectivity index (χ4v) is 4.13. The Bertz CT molecular complexity index is 1000. The number of benzene rings is 2. The molecule has 0 bridgehead atoms. The zero-order chi connectivity index (χ0) is 20.8. The summed E-state index contributed by atoms with van der Waals surface area (Å²) in [6, 6.07) is 16.0. The number of rotatable bonds is 7. The van der Waals surface area contributed by atoms with Crippen molar-refractivity contribution in [1.29, 1.82) is 0 Å². The maximum absolute atomic E-state index is 12.8. The van der Waals surface area contributed by atoms with E-state index in [-0.39, 0.29) is 5.91 Å². The van der Waals surface area contributed by atoms with Crippen LogP contribution < -0.4 is 14.8 Å². The van der Waals surface area contributed by atoms with Gasteiger partial charge in [0.15, 0.2) is 11.5 Å². The highest BCUT2D eigenvalue weighted by molar-refractivity contribution is 7.99. The Kier molecular flexibility index (Phi) is 6.59. The van der Waals surface area contributed by atoms with Gasteiger partial charge in [-0.1, -0.05) is 18.2 Å². The quantitative estimate of drug-likeness (QED) is 0.457. The smallest absolute Gasteiger partial charge is 0.255 e. The molecular formula is C23H25N3O3S. The van der Waals surface area contributed by atoms with Crippen LogP contribution in [0.25, 0.3) is 11.3 Å². The van der Waals surface area contributed by atoms with Crippen molar-refractivity contribution in [2.75, 3.05) is 25.5 Å². The van der Waals surface area contributed by atoms with Crippen molar-refractivity contribution in [2.24, 2.45) is 7.05 Å². The molecule has 0 atom stereocenters. The molecule has 2 heterocycles. The molecule has 7 heteroatoms. The second-order valence-electron chi connectivity index (χ2n) is 7.05. The van der Waals surface area contributed by atoms with Crippen molar-refractivity contribution >= 4 is 17.7 Å². The van der Waals surface area contributed by atoms with Gasteiger partial charge in [-0.05, 0) is 42.5 Å². The van der Waals surface area contributed by atoms with Crippen LogP contribution in [0.1, 0.15) is 23.2 Å². The molecular weight excluding hydrogens is 398 g/mol. The highest BCUT2D eigenvalue weighted by atomic mass is 32.2. The van der Waals surface area contributed by atoms with Crippen molar-refractivity contribution < 1.29 is 14.3 Å². The zero-order valence-electron chi connectivity index (χ0n) is 17.0. The maximum Gasteiger partial charge on any atom is 0.255 e. The van der Waals surface area contributed by atoms with E-state index in [0.717, 1.165) is 29.9 Å². The van der Waals surface area contributed by atoms with E-state index in [4.69, 9.17) is 9.47 Å². The van der Waals surface area contributed by atoms with Crippen molar-refractivity contribution in [3.05, 3.63) is 60.3 Å². The predicted molar refractivity (Wildman–Crippen MR) is 118 cm³/mol. The second-order valence-corrected chi connectivity index (χ2v) is 8.22. The number of nitrogens with one attached hydrogen (secondary N) is 1. The molecule has 6 nitrogen and oxygen atoms in total. The Morgan fingerprint density at radius 2 is 1.93 bits per heavy atom. The van der Waals surface area contributed by atoms with Gasteiger partial charge in [0, 0.05) is 36.7 Å². The lowest BCUT2D eigenvalue weighted by Gasteiger charge is -2.09. The topological polar surface area (TPSA) is 65.4 Å². The first-order chi connectivity index (χ1) is 14.7. The summed E-state index contributed by atoms with van der Waals surface area (Å²) in [4.78, 5) is 14.0. The monoisotopic (exact) mass is 423 g/mol. The lowest BCUT2D eigenvalue weighted by atomic mass is 10.1. The Labute approximate surface area is 180 Å². The third kappa shape index (κ3) is 4.97. The van der Waals surface area contributed by atoms with Crippen molar-refractivity contribution in [2.45, 2.75) is 17.7 Å². The van der Waals surface area contributed by atoms with Crippen molar-refractivity contribution in [3.8, 4) is 22.8 Å². The van der Waals surface area contributed by atoms with Gasteiger partial charge in [0.05, 0.1) is 18.8 Å². The van der Waals surface area contributed by atoms with Crippen LogP contribution in [-0.4, -0.2) is 41.2 Å². The number of carbonyl (C=O) groups is 1. The Balaban J connectivity index is 1.39. The molecule has 0 spiro atoms. The number of hydrogen-bond donors (Lipinski definition) is 1. The van der Waals surface area contributed by atoms with Gasteiger partial charge >= 0.3 is 0 Å². The van der Waals surface area contributed by atoms with Crippen LogP contribution in [0.5, 0.6) is 11.5 Å². The van der Waals surface area contributed by atoms with Crippen molar-refractivity contribution in [3.63, 3.8) is 0 Å². The summed E-state index contributed by atoms with van der Waals surface area (Å²) in [6.45, 7) is 1.88. The lowest BCUT2D eigenvalue weighted by molar-refractivity contribution is 0.0954. The van der Waals surface area contributed by atoms with Crippen molar-refractivity contribution in [1.82, 2.24) is 15.1 Å². The highest BCUT2D eigenvalue weighted by Crippen LogP contribution is 2.34. The first-order valence-corrected chi connectivity index (χ1v) is 11.1. The van der Waals surface area contributed by atoms with E-state index >= 15 is 0 Å². The Morgan fingerprint density at radius 3 is 2.77 bits per heavy atom. The van der Waals surface area contributed by atoms with Gasteiger partial charge < -0.3 is 14.8 Å². The average molecular weight is 424 g/mol. The first-order valence-electron chi connectivity index (χ1n) is 10.1. The number of carbonyl (C=O) groups excluding carboxylic acids is 1. The Morgan fingerprint density at radius 1 is 1.13 bits per heavy atom. The summed E-state index contributed by atoms with van der Waals surface area (Å²) >= 11 is 1.79. The van der Waals surface area contributed by atoms with E-state index < -0.39 is 0 Å². The number of nitrogens with zero attached hydrogens (tertiary/aromatic N) is 2. The van der Waals surface area contributed by atoms with Crippen LogP contribution in [-0.2, 0) is 7.05 Å². The van der Waals surface area contributed by atoms with Gasteiger partial charge in [0.25, 0.3) is 5.91 Å². The number of thioether (sulfide) groups is 1. The number of aromatic nitrogens is 2. The molecule has 1 aromatic heterocycles. The van der Waals surface area contributed by atoms with Crippen LogP contribution in [0.2, 0.25) is 0 Å². The molecule has 2 aromatic carbocycles. The van der Waals surface area contributed by atoms with Gasteiger partial charge in [0.2, 0.25) is 0 Å². The molecule has 30 heavy (non-hydrogen) atoms. The van der Waals surface area contributed by atoms with E-state index in [1.807, 2.05) is 43.4 Å². The number of hydrogen-bond acceptors (Lipinski definition) is 5. The van der Waals surface area contributed by atoms with E-state index in [1.165, 1.54) is 4.90 Å². The minimum absolute atomic E-state index is 0.116. The molecule has 0 aliphatic carbocycles. The summed E-state index contributed by atoms with van der Waals surface area (Å²) in [6.07, 6.45) is 3.50. The number of fused-ring (bicyclic) bond motifs is 1. The van der Waals surface area contributed by atoms with Crippen LogP contribution in [0.3, 0.4) is 0 Å². The molecule has 156 valence electrons. The SMILES string of the molecule is Cn1cc(C(=O)NCCCSc2ccccc2)c(-c2ccc3c(c2)OCCCO3)n1. The molecule has 0 saturated carbocycles. The molecule has 1 amide bonds. The maximum atomic E-state index is 12.8. The molecule has 1 aliphatic heterocycles. The number of aryl methyl sites for hydroxylation is 1. The number of ether oxygens (including phenoxy) is 2. The minimum Gasteiger partial charge on any atom is -0.490 e.